The summed E-state index contributed by atoms with van der Waals surface area (Å²) in [5, 5.41) is 8.97. The Balaban J connectivity index is 2.85. The molecule has 0 atom stereocenters. The molecular weight excluding hydrogens is 232 g/mol. The van der Waals surface area contributed by atoms with E-state index in [9.17, 15) is 9.59 Å². The van der Waals surface area contributed by atoms with Gasteiger partial charge in [0.1, 0.15) is 5.60 Å². The molecule has 0 saturated carbocycles. The molecule has 0 aromatic heterocycles. The molecule has 0 saturated heterocycles. The van der Waals surface area contributed by atoms with Crippen LogP contribution in [0, 0.1) is 0 Å². The van der Waals surface area contributed by atoms with E-state index < -0.39 is 17.5 Å². The van der Waals surface area contributed by atoms with Crippen LogP contribution < -0.4 is 0 Å². The summed E-state index contributed by atoms with van der Waals surface area (Å²) in [6.45, 7) is 5.30. The maximum atomic E-state index is 11.5. The fourth-order valence-corrected chi connectivity index (χ4v) is 1.33. The molecule has 0 unspecified atom stereocenters. The third-order valence-electron chi connectivity index (χ3n) is 2.00. The number of ether oxygens (including phenoxy) is 1. The monoisotopic (exact) mass is 248 g/mol. The van der Waals surface area contributed by atoms with Crippen molar-refractivity contribution in [1.82, 2.24) is 0 Å². The molecule has 0 bridgehead atoms. The Morgan fingerprint density at radius 1 is 1.22 bits per heavy atom. The zero-order valence-electron chi connectivity index (χ0n) is 10.6. The quantitative estimate of drug-likeness (QED) is 0.660. The van der Waals surface area contributed by atoms with Gasteiger partial charge in [-0.1, -0.05) is 18.2 Å². The number of hydrogen-bond donors (Lipinski definition) is 1. The summed E-state index contributed by atoms with van der Waals surface area (Å²) in [7, 11) is 0. The minimum absolute atomic E-state index is 0.150. The van der Waals surface area contributed by atoms with Crippen molar-refractivity contribution in [3.05, 3.63) is 41.5 Å². The summed E-state index contributed by atoms with van der Waals surface area (Å²) in [5.41, 5.74) is 0.0569. The first-order valence-electron chi connectivity index (χ1n) is 5.53. The van der Waals surface area contributed by atoms with Crippen molar-refractivity contribution in [1.29, 1.82) is 0 Å². The minimum atomic E-state index is -1.03. The average molecular weight is 248 g/mol. The highest BCUT2D eigenvalue weighted by atomic mass is 16.6. The molecule has 1 aromatic rings. The molecule has 0 radical (unpaired) electrons. The van der Waals surface area contributed by atoms with Gasteiger partial charge >= 0.3 is 11.9 Å². The third-order valence-corrected chi connectivity index (χ3v) is 2.00. The first-order valence-corrected chi connectivity index (χ1v) is 5.53. The van der Waals surface area contributed by atoms with Crippen molar-refractivity contribution in [3.8, 4) is 0 Å². The van der Waals surface area contributed by atoms with E-state index >= 15 is 0 Å². The number of aromatic carboxylic acids is 1. The zero-order valence-corrected chi connectivity index (χ0v) is 10.6. The number of carboxylic acid groups (broad SMARTS) is 1. The molecule has 0 amide bonds. The molecule has 0 spiro atoms. The smallest absolute Gasteiger partial charge is 0.336 e. The van der Waals surface area contributed by atoms with Crippen LogP contribution in [0.25, 0.3) is 6.08 Å². The van der Waals surface area contributed by atoms with Crippen molar-refractivity contribution < 1.29 is 19.4 Å². The lowest BCUT2D eigenvalue weighted by atomic mass is 10.1. The number of esters is 1. The van der Waals surface area contributed by atoms with Gasteiger partial charge in [-0.05, 0) is 38.5 Å². The molecule has 0 heterocycles. The van der Waals surface area contributed by atoms with Crippen LogP contribution in [0.15, 0.2) is 30.3 Å². The third kappa shape index (κ3) is 4.41. The summed E-state index contributed by atoms with van der Waals surface area (Å²) in [5.74, 6) is -1.53. The Morgan fingerprint density at radius 3 is 2.39 bits per heavy atom. The lowest BCUT2D eigenvalue weighted by Gasteiger charge is -2.17. The Hall–Kier alpha value is -2.10. The molecule has 18 heavy (non-hydrogen) atoms. The van der Waals surface area contributed by atoms with Crippen molar-refractivity contribution in [2.45, 2.75) is 26.4 Å². The lowest BCUT2D eigenvalue weighted by Crippen LogP contribution is -2.22. The SMILES string of the molecule is CC(C)(C)OC(=O)C=Cc1ccccc1C(=O)O. The standard InChI is InChI=1S/C14H16O4/c1-14(2,3)18-12(15)9-8-10-6-4-5-7-11(10)13(16)17/h4-9H,1-3H3,(H,16,17). The maximum Gasteiger partial charge on any atom is 0.336 e. The van der Waals surface area contributed by atoms with Gasteiger partial charge in [0, 0.05) is 6.08 Å². The average Bonchev–Trinajstić information content (AvgIpc) is 2.24. The molecular formula is C14H16O4. The largest absolute Gasteiger partial charge is 0.478 e. The summed E-state index contributed by atoms with van der Waals surface area (Å²) in [6, 6.07) is 6.46. The molecule has 1 rings (SSSR count). The predicted molar refractivity (Wildman–Crippen MR) is 68.3 cm³/mol. The molecule has 0 aliphatic heterocycles. The van der Waals surface area contributed by atoms with Crippen molar-refractivity contribution in [3.63, 3.8) is 0 Å². The summed E-state index contributed by atoms with van der Waals surface area (Å²) in [6.07, 6.45) is 2.67. The zero-order chi connectivity index (χ0) is 13.8. The van der Waals surface area contributed by atoms with E-state index in [0.29, 0.717) is 5.56 Å². The second kappa shape index (κ2) is 5.49. The summed E-state index contributed by atoms with van der Waals surface area (Å²) < 4.78 is 5.09. The fraction of sp³-hybridized carbons (Fsp3) is 0.286. The molecule has 1 aromatic carbocycles. The number of carboxylic acids is 1. The molecule has 0 aliphatic carbocycles. The Labute approximate surface area is 106 Å². The van der Waals surface area contributed by atoms with Gasteiger partial charge in [-0.25, -0.2) is 9.59 Å². The van der Waals surface area contributed by atoms with Gasteiger partial charge in [-0.2, -0.15) is 0 Å². The Morgan fingerprint density at radius 2 is 1.83 bits per heavy atom. The molecule has 0 fully saturated rings. The topological polar surface area (TPSA) is 63.6 Å². The van der Waals surface area contributed by atoms with Crippen LogP contribution >= 0.6 is 0 Å². The Bertz CT molecular complexity index is 481. The summed E-state index contributed by atoms with van der Waals surface area (Å²) >= 11 is 0. The number of rotatable bonds is 3. The Kier molecular flexibility index (Phi) is 4.26. The second-order valence-electron chi connectivity index (χ2n) is 4.76. The molecule has 96 valence electrons. The summed E-state index contributed by atoms with van der Waals surface area (Å²) in [4.78, 5) is 22.4. The minimum Gasteiger partial charge on any atom is -0.478 e. The molecule has 4 nitrogen and oxygen atoms in total. The van der Waals surface area contributed by atoms with E-state index in [0.717, 1.165) is 0 Å². The lowest BCUT2D eigenvalue weighted by molar-refractivity contribution is -0.148. The normalized spacial score (nSPS) is 11.5. The van der Waals surface area contributed by atoms with Crippen LogP contribution in [0.3, 0.4) is 0 Å². The van der Waals surface area contributed by atoms with E-state index in [1.165, 1.54) is 18.2 Å². The van der Waals surface area contributed by atoms with Crippen molar-refractivity contribution in [2.75, 3.05) is 0 Å². The van der Waals surface area contributed by atoms with Crippen LogP contribution in [0.5, 0.6) is 0 Å². The number of carbonyl (C=O) groups excluding carboxylic acids is 1. The van der Waals surface area contributed by atoms with Gasteiger partial charge in [-0.3, -0.25) is 0 Å². The van der Waals surface area contributed by atoms with Gasteiger partial charge in [0.15, 0.2) is 0 Å². The van der Waals surface area contributed by atoms with E-state index in [2.05, 4.69) is 0 Å². The predicted octanol–water partition coefficient (Wildman–Crippen LogP) is 2.74. The van der Waals surface area contributed by atoms with Gasteiger partial charge in [0.05, 0.1) is 5.56 Å². The number of benzene rings is 1. The second-order valence-corrected chi connectivity index (χ2v) is 4.76. The first kappa shape index (κ1) is 14.0. The molecule has 0 aliphatic rings. The van der Waals surface area contributed by atoms with Gasteiger partial charge in [0.25, 0.3) is 0 Å². The van der Waals surface area contributed by atoms with E-state index in [4.69, 9.17) is 9.84 Å². The first-order chi connectivity index (χ1) is 8.29. The van der Waals surface area contributed by atoms with Gasteiger partial charge < -0.3 is 9.84 Å². The van der Waals surface area contributed by atoms with E-state index in [1.54, 1.807) is 39.0 Å². The van der Waals surface area contributed by atoms with Crippen LogP contribution in [-0.2, 0) is 9.53 Å². The van der Waals surface area contributed by atoms with Crippen LogP contribution in [-0.4, -0.2) is 22.6 Å². The molecule has 4 heteroatoms. The number of hydrogen-bond acceptors (Lipinski definition) is 3. The van der Waals surface area contributed by atoms with Crippen LogP contribution in [0.4, 0.5) is 0 Å². The van der Waals surface area contributed by atoms with Gasteiger partial charge in [-0.15, -0.1) is 0 Å². The van der Waals surface area contributed by atoms with Gasteiger partial charge in [0.2, 0.25) is 0 Å². The fourth-order valence-electron chi connectivity index (χ4n) is 1.33. The molecule has 1 N–H and O–H groups in total. The van der Waals surface area contributed by atoms with Crippen LogP contribution in [0.2, 0.25) is 0 Å². The van der Waals surface area contributed by atoms with E-state index in [1.807, 2.05) is 0 Å². The highest BCUT2D eigenvalue weighted by molar-refractivity contribution is 5.94. The van der Waals surface area contributed by atoms with Crippen LogP contribution in [0.1, 0.15) is 36.7 Å². The van der Waals surface area contributed by atoms with Crippen molar-refractivity contribution >= 4 is 18.0 Å². The van der Waals surface area contributed by atoms with E-state index in [-0.39, 0.29) is 5.56 Å². The highest BCUT2D eigenvalue weighted by Gasteiger charge is 2.14. The maximum absolute atomic E-state index is 11.5. The highest BCUT2D eigenvalue weighted by Crippen LogP contribution is 2.12. The number of carbonyl (C=O) groups is 2. The van der Waals surface area contributed by atoms with Crippen molar-refractivity contribution in [2.24, 2.45) is 0 Å².